The van der Waals surface area contributed by atoms with Gasteiger partial charge in [-0.1, -0.05) is 31.9 Å². The third-order valence-corrected chi connectivity index (χ3v) is 13.7. The van der Waals surface area contributed by atoms with Crippen molar-refractivity contribution in [3.63, 3.8) is 0 Å². The zero-order valence-corrected chi connectivity index (χ0v) is 34.3. The van der Waals surface area contributed by atoms with E-state index >= 15 is 0 Å². The van der Waals surface area contributed by atoms with Gasteiger partial charge in [0.05, 0.1) is 23.0 Å². The second-order valence-electron chi connectivity index (χ2n) is 17.5. The molecular weight excluding hydrogens is 775 g/mol. The fourth-order valence-corrected chi connectivity index (χ4v) is 10.2. The molecule has 5 heterocycles. The molecule has 1 saturated heterocycles. The average Bonchev–Trinajstić information content (AvgIpc) is 4.03. The molecule has 0 radical (unpaired) electrons. The van der Waals surface area contributed by atoms with Crippen LogP contribution in [0.1, 0.15) is 75.7 Å². The SMILES string of the molecule is CCC1=C2C=CN=C2C[NH+]1c1c2c(cc3c(=O)cc(C)oc13)CC(OOCC(O)(Cc1ccc(O)cc1)C(O)C(O)C(O)CO)C(C)(CCC1CNC(=O)C13CCCC3)O2. The van der Waals surface area contributed by atoms with Crippen LogP contribution in [0.15, 0.2) is 74.1 Å². The number of quaternary nitrogens is 1. The number of carbonyl (C=O) groups excluding carboxylic acids is 1. The summed E-state index contributed by atoms with van der Waals surface area (Å²) in [7, 11) is 0. The summed E-state index contributed by atoms with van der Waals surface area (Å²) in [6.45, 7) is 5.27. The predicted octanol–water partition coefficient (Wildman–Crippen LogP) is 2.12. The van der Waals surface area contributed by atoms with E-state index in [-0.39, 0.29) is 35.8 Å². The average molecular weight is 831 g/mol. The van der Waals surface area contributed by atoms with Gasteiger partial charge >= 0.3 is 0 Å². The summed E-state index contributed by atoms with van der Waals surface area (Å²) in [5.41, 5.74) is 1.32. The molecule has 15 heteroatoms. The van der Waals surface area contributed by atoms with Crippen LogP contribution in [0.25, 0.3) is 11.0 Å². The number of aliphatic hydroxyl groups excluding tert-OH is 4. The number of hydrogen-bond acceptors (Lipinski definition) is 13. The normalized spacial score (nSPS) is 26.8. The van der Waals surface area contributed by atoms with Crippen LogP contribution in [-0.4, -0.2) is 104 Å². The van der Waals surface area contributed by atoms with Crippen LogP contribution in [0.3, 0.4) is 0 Å². The highest BCUT2D eigenvalue weighted by molar-refractivity contribution is 6.07. The molecule has 60 heavy (non-hydrogen) atoms. The Kier molecular flexibility index (Phi) is 11.6. The first-order valence-electron chi connectivity index (χ1n) is 21.0. The maximum atomic E-state index is 13.7. The van der Waals surface area contributed by atoms with E-state index in [1.165, 1.54) is 30.3 Å². The summed E-state index contributed by atoms with van der Waals surface area (Å²) in [4.78, 5) is 44.7. The Morgan fingerprint density at radius 3 is 2.58 bits per heavy atom. The molecule has 8 atom stereocenters. The standard InChI is InChI=1S/C45H55N3O12/c1-4-33-30-12-16-46-32(30)22-48(33)37-39-27(18-31-34(51)17-25(2)58-40(31)37)19-36(43(3,59-39)15-11-28-21-47-42(55)44(28)13-5-6-14-44)60-57-24-45(56,41(54)38(53)35(52)23-49)20-26-7-9-29(50)10-8-26/h7-10,12,16-18,28,35-36,38,41,49-50,52-54,56H,4-6,11,13-15,19-24H2,1-3H3,(H,47,55)/p+1. The van der Waals surface area contributed by atoms with Crippen molar-refractivity contribution in [2.24, 2.45) is 16.3 Å². The van der Waals surface area contributed by atoms with Crippen LogP contribution in [-0.2, 0) is 27.4 Å². The van der Waals surface area contributed by atoms with E-state index in [0.717, 1.165) is 47.6 Å². The summed E-state index contributed by atoms with van der Waals surface area (Å²) in [6, 6.07) is 9.11. The molecule has 322 valence electrons. The van der Waals surface area contributed by atoms with Gasteiger partial charge in [-0.2, -0.15) is 0 Å². The fraction of sp³-hybridized carbons (Fsp3) is 0.533. The van der Waals surface area contributed by atoms with Gasteiger partial charge in [-0.3, -0.25) is 19.5 Å². The van der Waals surface area contributed by atoms with Crippen molar-refractivity contribution in [3.8, 4) is 11.5 Å². The first-order chi connectivity index (χ1) is 28.7. The number of nitrogens with one attached hydrogen (secondary N) is 2. The van der Waals surface area contributed by atoms with Crippen molar-refractivity contribution in [1.82, 2.24) is 5.32 Å². The first kappa shape index (κ1) is 42.2. The number of ether oxygens (including phenoxy) is 1. The lowest BCUT2D eigenvalue weighted by Crippen LogP contribution is -3.04. The molecule has 3 aromatic rings. The summed E-state index contributed by atoms with van der Waals surface area (Å²) >= 11 is 0. The van der Waals surface area contributed by atoms with Gasteiger partial charge in [0.15, 0.2) is 11.2 Å². The molecule has 1 saturated carbocycles. The largest absolute Gasteiger partial charge is 0.508 e. The number of nitrogens with zero attached hydrogens (tertiary/aromatic N) is 1. The second-order valence-corrected chi connectivity index (χ2v) is 17.5. The van der Waals surface area contributed by atoms with E-state index in [1.54, 1.807) is 19.2 Å². The summed E-state index contributed by atoms with van der Waals surface area (Å²) in [5.74, 6) is 1.16. The molecule has 15 nitrogen and oxygen atoms in total. The van der Waals surface area contributed by atoms with Gasteiger partial charge in [0.25, 0.3) is 0 Å². The number of aliphatic hydroxyl groups is 5. The van der Waals surface area contributed by atoms with E-state index in [9.17, 15) is 40.2 Å². The Morgan fingerprint density at radius 2 is 1.87 bits per heavy atom. The lowest BCUT2D eigenvalue weighted by molar-refractivity contribution is -0.776. The van der Waals surface area contributed by atoms with Gasteiger partial charge in [-0.15, -0.1) is 0 Å². The molecule has 1 aliphatic carbocycles. The van der Waals surface area contributed by atoms with Crippen molar-refractivity contribution in [2.45, 2.75) is 114 Å². The number of allylic oxidation sites excluding steroid dienone is 2. The summed E-state index contributed by atoms with van der Waals surface area (Å²) < 4.78 is 13.6. The Bertz CT molecular complexity index is 2280. The highest BCUT2D eigenvalue weighted by Gasteiger charge is 2.54. The number of rotatable bonds is 15. The molecule has 2 aromatic carbocycles. The van der Waals surface area contributed by atoms with E-state index in [2.05, 4.69) is 17.2 Å². The third-order valence-electron chi connectivity index (χ3n) is 13.7. The summed E-state index contributed by atoms with van der Waals surface area (Å²) in [5, 5.41) is 67.1. The monoisotopic (exact) mass is 830 g/mol. The smallest absolute Gasteiger partial charge is 0.226 e. The zero-order valence-electron chi connectivity index (χ0n) is 34.3. The molecule has 1 aromatic heterocycles. The molecule has 1 amide bonds. The predicted molar refractivity (Wildman–Crippen MR) is 219 cm³/mol. The number of phenols is 1. The number of aryl methyl sites for hydroxylation is 1. The van der Waals surface area contributed by atoms with Crippen molar-refractivity contribution in [1.29, 1.82) is 0 Å². The number of amides is 1. The van der Waals surface area contributed by atoms with Crippen LogP contribution in [0.2, 0.25) is 0 Å². The van der Waals surface area contributed by atoms with E-state index < -0.39 is 54.2 Å². The second kappa shape index (κ2) is 16.4. The number of carbonyl (C=O) groups is 1. The minimum absolute atomic E-state index is 0.0159. The van der Waals surface area contributed by atoms with Crippen LogP contribution >= 0.6 is 0 Å². The molecule has 2 fully saturated rings. The lowest BCUT2D eigenvalue weighted by atomic mass is 9.72. The molecule has 8 N–H and O–H groups in total. The first-order valence-corrected chi connectivity index (χ1v) is 21.0. The van der Waals surface area contributed by atoms with E-state index in [1.807, 2.05) is 13.0 Å². The van der Waals surface area contributed by atoms with Gasteiger partial charge in [-0.25, -0.2) is 9.78 Å². The number of aliphatic imine (C=N–C) groups is 1. The molecule has 8 unspecified atom stereocenters. The van der Waals surface area contributed by atoms with Crippen molar-refractivity contribution < 1.29 is 59.3 Å². The van der Waals surface area contributed by atoms with E-state index in [0.29, 0.717) is 71.6 Å². The minimum Gasteiger partial charge on any atom is -0.508 e. The van der Waals surface area contributed by atoms with Crippen LogP contribution in [0.5, 0.6) is 11.5 Å². The van der Waals surface area contributed by atoms with Crippen molar-refractivity contribution in [3.05, 3.63) is 87.1 Å². The Hall–Kier alpha value is -4.45. The number of aromatic hydroxyl groups is 1. The van der Waals surface area contributed by atoms with Gasteiger partial charge < -0.3 is 45.1 Å². The van der Waals surface area contributed by atoms with Crippen molar-refractivity contribution in [2.75, 3.05) is 26.3 Å². The minimum atomic E-state index is -2.26. The number of hydrogen-bond donors (Lipinski definition) is 8. The quantitative estimate of drug-likeness (QED) is 0.0815. The molecule has 5 aliphatic rings. The van der Waals surface area contributed by atoms with Crippen LogP contribution in [0.4, 0.5) is 5.69 Å². The Balaban J connectivity index is 1.17. The molecular formula is C45H56N3O12+. The van der Waals surface area contributed by atoms with Crippen molar-refractivity contribution >= 4 is 28.3 Å². The highest BCUT2D eigenvalue weighted by Crippen LogP contribution is 2.51. The maximum absolute atomic E-state index is 13.7. The van der Waals surface area contributed by atoms with Crippen LogP contribution in [0, 0.1) is 18.3 Å². The molecule has 4 aliphatic heterocycles. The molecule has 1 spiro atoms. The van der Waals surface area contributed by atoms with Crippen LogP contribution < -0.4 is 20.4 Å². The van der Waals surface area contributed by atoms with Gasteiger partial charge in [0, 0.05) is 43.6 Å². The number of fused-ring (bicyclic) bond motifs is 3. The maximum Gasteiger partial charge on any atom is 0.226 e. The zero-order chi connectivity index (χ0) is 42.6. The highest BCUT2D eigenvalue weighted by atomic mass is 17.2. The number of phenolic OH excluding ortho intramolecular Hbond substituents is 1. The topological polar surface area (TPSA) is 225 Å². The molecule has 0 bridgehead atoms. The lowest BCUT2D eigenvalue weighted by Gasteiger charge is -2.43. The third kappa shape index (κ3) is 7.49. The number of benzene rings is 2. The van der Waals surface area contributed by atoms with Gasteiger partial charge in [0.1, 0.15) is 71.7 Å². The van der Waals surface area contributed by atoms with Gasteiger partial charge in [0.2, 0.25) is 17.2 Å². The summed E-state index contributed by atoms with van der Waals surface area (Å²) in [6.07, 6.45) is 2.51. The Morgan fingerprint density at radius 1 is 1.12 bits per heavy atom. The fourth-order valence-electron chi connectivity index (χ4n) is 10.2. The Labute approximate surface area is 347 Å². The molecule has 8 rings (SSSR count). The van der Waals surface area contributed by atoms with E-state index in [4.69, 9.17) is 18.9 Å². The van der Waals surface area contributed by atoms with Gasteiger partial charge in [-0.05, 0) is 75.3 Å².